The zero-order chi connectivity index (χ0) is 41.2. The van der Waals surface area contributed by atoms with Crippen LogP contribution in [0.1, 0.15) is 76.6 Å². The maximum atomic E-state index is 2.74. The van der Waals surface area contributed by atoms with Crippen LogP contribution in [-0.4, -0.2) is 6.85 Å². The molecule has 13 rings (SSSR count). The fourth-order valence-corrected chi connectivity index (χ4v) is 13.2. The highest BCUT2D eigenvalue weighted by Crippen LogP contribution is 2.59. The van der Waals surface area contributed by atoms with Crippen LogP contribution in [0.2, 0.25) is 0 Å². The van der Waals surface area contributed by atoms with Gasteiger partial charge in [-0.3, -0.25) is 0 Å². The topological polar surface area (TPSA) is 6.48 Å². The summed E-state index contributed by atoms with van der Waals surface area (Å²) < 4.78 is 2.66. The van der Waals surface area contributed by atoms with Crippen molar-refractivity contribution >= 4 is 88.5 Å². The molecule has 2 nitrogen and oxygen atoms in total. The first-order valence-electron chi connectivity index (χ1n) is 22.1. The lowest BCUT2D eigenvalue weighted by Crippen LogP contribution is -2.62. The first kappa shape index (κ1) is 35.6. The third-order valence-electron chi connectivity index (χ3n) is 15.3. The van der Waals surface area contributed by atoms with Gasteiger partial charge in [-0.1, -0.05) is 163 Å². The molecule has 1 aromatic heterocycles. The molecule has 3 aliphatic heterocycles. The quantitative estimate of drug-likeness (QED) is 0.161. The second-order valence-corrected chi connectivity index (χ2v) is 21.0. The van der Waals surface area contributed by atoms with E-state index < -0.39 is 0 Å². The maximum absolute atomic E-state index is 2.74. The van der Waals surface area contributed by atoms with Crippen LogP contribution in [0.15, 0.2) is 152 Å². The molecule has 4 aliphatic rings. The Morgan fingerprint density at radius 2 is 1.21 bits per heavy atom. The van der Waals surface area contributed by atoms with E-state index >= 15 is 0 Å². The van der Waals surface area contributed by atoms with Crippen molar-refractivity contribution in [3.63, 3.8) is 0 Å². The average molecular weight is 803 g/mol. The van der Waals surface area contributed by atoms with E-state index in [0.29, 0.717) is 0 Å². The monoisotopic (exact) mass is 802 g/mol. The summed E-state index contributed by atoms with van der Waals surface area (Å²) in [5, 5.41) is 5.23. The van der Waals surface area contributed by atoms with E-state index in [-0.39, 0.29) is 23.1 Å². The number of hydrogen-bond acceptors (Lipinski definition) is 3. The van der Waals surface area contributed by atoms with E-state index in [1.165, 1.54) is 128 Å². The van der Waals surface area contributed by atoms with Crippen LogP contribution in [0.3, 0.4) is 0 Å². The van der Waals surface area contributed by atoms with Crippen molar-refractivity contribution < 1.29 is 0 Å². The van der Waals surface area contributed by atoms with Gasteiger partial charge in [0.2, 0.25) is 0 Å². The van der Waals surface area contributed by atoms with E-state index in [2.05, 4.69) is 203 Å². The van der Waals surface area contributed by atoms with Crippen LogP contribution in [0.4, 0.5) is 28.4 Å². The molecule has 0 saturated heterocycles. The standard InChI is InChI=1S/C57H47BN2S/c1-55(2)28-29-56(3,4)43-33-48-44(32-42(43)55)57(5,6)41-22-15-23-45-53(41)59(48)49-31-36-18-10-11-19-37(36)51-40-27-26-35(34-16-8-7-9-17-34)30-47(40)60(58(45)52(49)51)46-24-14-21-39-38-20-12-13-25-50(38)61-54(39)46/h7-27,30-33H,28-29H2,1-6H3. The third-order valence-corrected chi connectivity index (χ3v) is 16.5. The predicted octanol–water partition coefficient (Wildman–Crippen LogP) is 14.6. The highest BCUT2D eigenvalue weighted by atomic mass is 32.1. The molecule has 0 N–H and O–H groups in total. The van der Waals surface area contributed by atoms with Crippen LogP contribution < -0.4 is 20.6 Å². The SMILES string of the molecule is CC1(C)CCC(C)(C)c2cc3c(cc21)N1c2cc4ccccc4c4c2B(c2cccc(c21)C3(C)C)N(c1cccc2c1sc1ccccc12)c1cc(-c2ccccc2)ccc1-4. The van der Waals surface area contributed by atoms with Crippen molar-refractivity contribution in [2.75, 3.05) is 9.71 Å². The van der Waals surface area contributed by atoms with E-state index in [1.54, 1.807) is 0 Å². The molecular weight excluding hydrogens is 756 g/mol. The number of hydrogen-bond donors (Lipinski definition) is 0. The number of anilines is 5. The number of rotatable bonds is 2. The fraction of sp³-hybridized carbons (Fsp3) is 0.193. The molecule has 4 heterocycles. The molecule has 0 saturated carbocycles. The first-order valence-corrected chi connectivity index (χ1v) is 22.9. The lowest BCUT2D eigenvalue weighted by Gasteiger charge is -2.52. The third kappa shape index (κ3) is 4.69. The van der Waals surface area contributed by atoms with Gasteiger partial charge in [0.1, 0.15) is 0 Å². The molecule has 0 radical (unpaired) electrons. The number of fused-ring (bicyclic) bond motifs is 12. The van der Waals surface area contributed by atoms with Gasteiger partial charge in [-0.25, -0.2) is 0 Å². The lowest BCUT2D eigenvalue weighted by atomic mass is 9.42. The van der Waals surface area contributed by atoms with Crippen LogP contribution in [-0.2, 0) is 16.2 Å². The van der Waals surface area contributed by atoms with E-state index in [0.717, 1.165) is 0 Å². The van der Waals surface area contributed by atoms with Crippen LogP contribution in [0.25, 0.3) is 53.2 Å². The largest absolute Gasteiger partial charge is 0.375 e. The minimum atomic E-state index is -0.218. The van der Waals surface area contributed by atoms with Gasteiger partial charge in [-0.05, 0) is 115 Å². The van der Waals surface area contributed by atoms with E-state index in [4.69, 9.17) is 0 Å². The van der Waals surface area contributed by atoms with E-state index in [1.807, 2.05) is 11.3 Å². The molecule has 0 atom stereocenters. The molecule has 294 valence electrons. The van der Waals surface area contributed by atoms with Gasteiger partial charge in [0.05, 0.1) is 10.4 Å². The Bertz CT molecular complexity index is 3370. The molecular formula is C57H47BN2S. The summed E-state index contributed by atoms with van der Waals surface area (Å²) in [7, 11) is 0. The molecule has 0 spiro atoms. The summed E-state index contributed by atoms with van der Waals surface area (Å²) in [6.45, 7) is 14.8. The molecule has 0 fully saturated rings. The van der Waals surface area contributed by atoms with Gasteiger partial charge >= 0.3 is 6.85 Å². The Kier molecular flexibility index (Phi) is 7.04. The van der Waals surface area contributed by atoms with Crippen molar-refractivity contribution in [3.05, 3.63) is 174 Å². The minimum Gasteiger partial charge on any atom is -0.375 e. The smallest absolute Gasteiger partial charge is 0.333 e. The van der Waals surface area contributed by atoms with Gasteiger partial charge in [0.15, 0.2) is 0 Å². The summed E-state index contributed by atoms with van der Waals surface area (Å²) in [4.78, 5) is 5.46. The Balaban J connectivity index is 1.19. The molecule has 8 aromatic carbocycles. The number of benzene rings is 8. The van der Waals surface area contributed by atoms with Crippen molar-refractivity contribution in [1.82, 2.24) is 0 Å². The highest BCUT2D eigenvalue weighted by Gasteiger charge is 2.51. The summed E-state index contributed by atoms with van der Waals surface area (Å²) >= 11 is 1.93. The molecule has 4 heteroatoms. The van der Waals surface area contributed by atoms with Gasteiger partial charge < -0.3 is 9.71 Å². The molecule has 0 bridgehead atoms. The Morgan fingerprint density at radius 3 is 2.03 bits per heavy atom. The molecule has 1 aliphatic carbocycles. The highest BCUT2D eigenvalue weighted by molar-refractivity contribution is 7.26. The average Bonchev–Trinajstić information content (AvgIpc) is 3.66. The van der Waals surface area contributed by atoms with Crippen LogP contribution in [0.5, 0.6) is 0 Å². The lowest BCUT2D eigenvalue weighted by molar-refractivity contribution is 0.331. The predicted molar refractivity (Wildman–Crippen MR) is 263 cm³/mol. The fourth-order valence-electron chi connectivity index (χ4n) is 11.9. The Morgan fingerprint density at radius 1 is 0.508 bits per heavy atom. The van der Waals surface area contributed by atoms with Gasteiger partial charge in [-0.15, -0.1) is 11.3 Å². The van der Waals surface area contributed by atoms with Crippen molar-refractivity contribution in [2.45, 2.75) is 70.6 Å². The van der Waals surface area contributed by atoms with Gasteiger partial charge in [0.25, 0.3) is 0 Å². The zero-order valence-corrected chi connectivity index (χ0v) is 36.5. The minimum absolute atomic E-state index is 0.0690. The van der Waals surface area contributed by atoms with E-state index in [9.17, 15) is 0 Å². The maximum Gasteiger partial charge on any atom is 0.333 e. The molecule has 0 unspecified atom stereocenters. The zero-order valence-electron chi connectivity index (χ0n) is 35.7. The van der Waals surface area contributed by atoms with Crippen molar-refractivity contribution in [1.29, 1.82) is 0 Å². The summed E-state index contributed by atoms with van der Waals surface area (Å²) in [6, 6.07) is 58.3. The summed E-state index contributed by atoms with van der Waals surface area (Å²) in [5.74, 6) is 0. The van der Waals surface area contributed by atoms with Crippen molar-refractivity contribution in [3.8, 4) is 22.3 Å². The number of nitrogens with zero attached hydrogens (tertiary/aromatic N) is 2. The van der Waals surface area contributed by atoms with Crippen molar-refractivity contribution in [2.24, 2.45) is 0 Å². The van der Waals surface area contributed by atoms with Gasteiger partial charge in [-0.2, -0.15) is 0 Å². The Labute approximate surface area is 363 Å². The molecule has 0 amide bonds. The van der Waals surface area contributed by atoms with Gasteiger partial charge in [0, 0.05) is 49.2 Å². The number of thiophene rings is 1. The molecule has 9 aromatic rings. The van der Waals surface area contributed by atoms with Crippen LogP contribution >= 0.6 is 11.3 Å². The normalized spacial score (nSPS) is 17.2. The first-order chi connectivity index (χ1) is 29.5. The van der Waals surface area contributed by atoms with Crippen LogP contribution in [0, 0.1) is 0 Å². The summed E-state index contributed by atoms with van der Waals surface area (Å²) in [6.07, 6.45) is 2.38. The number of para-hydroxylation sites is 1. The summed E-state index contributed by atoms with van der Waals surface area (Å²) in [5.41, 5.74) is 20.2. The molecule has 61 heavy (non-hydrogen) atoms. The Hall–Kier alpha value is -6.10. The second-order valence-electron chi connectivity index (χ2n) is 19.9. The second kappa shape index (κ2) is 12.0.